The van der Waals surface area contributed by atoms with Gasteiger partial charge in [0.1, 0.15) is 11.9 Å². The van der Waals surface area contributed by atoms with E-state index in [4.69, 9.17) is 10.3 Å². The Morgan fingerprint density at radius 3 is 2.39 bits per heavy atom. The fourth-order valence-electron chi connectivity index (χ4n) is 2.28. The van der Waals surface area contributed by atoms with Gasteiger partial charge in [-0.15, -0.1) is 0 Å². The summed E-state index contributed by atoms with van der Waals surface area (Å²) in [5.41, 5.74) is 8.78. The highest BCUT2D eigenvalue weighted by atomic mass is 16.5. The molecule has 0 radical (unpaired) electrons. The third kappa shape index (κ3) is 7.88. The van der Waals surface area contributed by atoms with E-state index >= 15 is 0 Å². The van der Waals surface area contributed by atoms with Gasteiger partial charge >= 0.3 is 0 Å². The van der Waals surface area contributed by atoms with Crippen molar-refractivity contribution in [3.63, 3.8) is 0 Å². The SMILES string of the molecule is CCCCCCCCOc1ccc(C(O)C(O)CN=[N+]=[N-])cc1. The molecule has 0 aliphatic rings. The summed E-state index contributed by atoms with van der Waals surface area (Å²) in [6.07, 6.45) is 5.14. The van der Waals surface area contributed by atoms with E-state index in [0.717, 1.165) is 12.2 Å². The largest absolute Gasteiger partial charge is 0.494 e. The van der Waals surface area contributed by atoms with Crippen molar-refractivity contribution in [3.05, 3.63) is 40.3 Å². The normalized spacial score (nSPS) is 13.2. The lowest BCUT2D eigenvalue weighted by atomic mass is 10.0. The van der Waals surface area contributed by atoms with Crippen molar-refractivity contribution in [2.24, 2.45) is 5.11 Å². The van der Waals surface area contributed by atoms with Crippen LogP contribution in [-0.4, -0.2) is 29.5 Å². The summed E-state index contributed by atoms with van der Waals surface area (Å²) in [6, 6.07) is 6.97. The van der Waals surface area contributed by atoms with Crippen molar-refractivity contribution in [2.45, 2.75) is 57.7 Å². The summed E-state index contributed by atoms with van der Waals surface area (Å²) in [4.78, 5) is 2.56. The Bertz CT molecular complexity index is 472. The van der Waals surface area contributed by atoms with Crippen LogP contribution in [0.3, 0.4) is 0 Å². The van der Waals surface area contributed by atoms with Crippen LogP contribution in [-0.2, 0) is 0 Å². The van der Waals surface area contributed by atoms with Crippen LogP contribution >= 0.6 is 0 Å². The van der Waals surface area contributed by atoms with Crippen LogP contribution in [0.2, 0.25) is 0 Å². The van der Waals surface area contributed by atoms with Gasteiger partial charge in [-0.1, -0.05) is 56.3 Å². The van der Waals surface area contributed by atoms with Gasteiger partial charge in [0.25, 0.3) is 0 Å². The first-order chi connectivity index (χ1) is 11.2. The highest BCUT2D eigenvalue weighted by molar-refractivity contribution is 5.29. The number of rotatable bonds is 12. The van der Waals surface area contributed by atoms with Crippen molar-refractivity contribution < 1.29 is 14.9 Å². The first-order valence-corrected chi connectivity index (χ1v) is 8.28. The molecule has 6 nitrogen and oxygen atoms in total. The number of ether oxygens (including phenoxy) is 1. The van der Waals surface area contributed by atoms with Gasteiger partial charge in [-0.2, -0.15) is 0 Å². The van der Waals surface area contributed by atoms with E-state index in [9.17, 15) is 10.2 Å². The Labute approximate surface area is 137 Å². The van der Waals surface area contributed by atoms with Crippen LogP contribution in [0.5, 0.6) is 5.75 Å². The molecule has 0 aliphatic carbocycles. The lowest BCUT2D eigenvalue weighted by molar-refractivity contribution is 0.0244. The van der Waals surface area contributed by atoms with Gasteiger partial charge in [-0.05, 0) is 29.6 Å². The van der Waals surface area contributed by atoms with Gasteiger partial charge < -0.3 is 14.9 Å². The van der Waals surface area contributed by atoms with E-state index < -0.39 is 12.2 Å². The second-order valence-electron chi connectivity index (χ2n) is 5.61. The van der Waals surface area contributed by atoms with Gasteiger partial charge in [-0.25, -0.2) is 0 Å². The van der Waals surface area contributed by atoms with Crippen molar-refractivity contribution in [1.29, 1.82) is 0 Å². The number of aliphatic hydroxyl groups excluding tert-OH is 2. The Kier molecular flexibility index (Phi) is 9.87. The third-order valence-electron chi connectivity index (χ3n) is 3.68. The van der Waals surface area contributed by atoms with E-state index in [-0.39, 0.29) is 6.54 Å². The first-order valence-electron chi connectivity index (χ1n) is 8.28. The van der Waals surface area contributed by atoms with Crippen LogP contribution in [0.15, 0.2) is 29.4 Å². The minimum atomic E-state index is -1.11. The highest BCUT2D eigenvalue weighted by Crippen LogP contribution is 2.21. The van der Waals surface area contributed by atoms with Crippen LogP contribution in [0.1, 0.15) is 57.1 Å². The highest BCUT2D eigenvalue weighted by Gasteiger charge is 2.17. The molecule has 0 spiro atoms. The maximum Gasteiger partial charge on any atom is 0.119 e. The molecule has 1 aromatic rings. The van der Waals surface area contributed by atoms with E-state index in [0.29, 0.717) is 12.2 Å². The molecule has 2 atom stereocenters. The van der Waals surface area contributed by atoms with E-state index in [1.165, 1.54) is 32.1 Å². The first kappa shape index (κ1) is 19.3. The Morgan fingerprint density at radius 1 is 1.09 bits per heavy atom. The van der Waals surface area contributed by atoms with Crippen LogP contribution < -0.4 is 4.74 Å². The lowest BCUT2D eigenvalue weighted by Crippen LogP contribution is -2.21. The molecule has 0 saturated heterocycles. The molecule has 0 fully saturated rings. The Hall–Kier alpha value is -1.75. The van der Waals surface area contributed by atoms with Crippen LogP contribution in [0.25, 0.3) is 10.4 Å². The predicted octanol–water partition coefficient (Wildman–Crippen LogP) is 4.13. The van der Waals surface area contributed by atoms with Crippen LogP contribution in [0.4, 0.5) is 0 Å². The summed E-state index contributed by atoms with van der Waals surface area (Å²) in [7, 11) is 0. The van der Waals surface area contributed by atoms with E-state index in [2.05, 4.69) is 16.9 Å². The fourth-order valence-corrected chi connectivity index (χ4v) is 2.28. The maximum atomic E-state index is 9.95. The molecular weight excluding hydrogens is 294 g/mol. The smallest absolute Gasteiger partial charge is 0.119 e. The van der Waals surface area contributed by atoms with E-state index in [1.807, 2.05) is 0 Å². The van der Waals surface area contributed by atoms with Gasteiger partial charge in [-0.3, -0.25) is 0 Å². The molecule has 2 N–H and O–H groups in total. The predicted molar refractivity (Wildman–Crippen MR) is 90.3 cm³/mol. The monoisotopic (exact) mass is 321 g/mol. The van der Waals surface area contributed by atoms with E-state index in [1.54, 1.807) is 24.3 Å². The van der Waals surface area contributed by atoms with Crippen molar-refractivity contribution >= 4 is 0 Å². The van der Waals surface area contributed by atoms with Gasteiger partial charge in [0.2, 0.25) is 0 Å². The minimum absolute atomic E-state index is 0.159. The fraction of sp³-hybridized carbons (Fsp3) is 0.647. The second kappa shape index (κ2) is 11.8. The number of hydrogen-bond donors (Lipinski definition) is 2. The zero-order valence-electron chi connectivity index (χ0n) is 13.8. The standard InChI is InChI=1S/C17H27N3O3/c1-2-3-4-5-6-7-12-23-15-10-8-14(9-11-15)17(22)16(21)13-19-20-18/h8-11,16-17,21-22H,2-7,12-13H2,1H3. The Balaban J connectivity index is 2.31. The summed E-state index contributed by atoms with van der Waals surface area (Å²) < 4.78 is 5.66. The number of aliphatic hydroxyl groups is 2. The summed E-state index contributed by atoms with van der Waals surface area (Å²) in [6.45, 7) is 2.74. The number of hydrogen-bond acceptors (Lipinski definition) is 4. The number of benzene rings is 1. The average molecular weight is 321 g/mol. The van der Waals surface area contributed by atoms with Crippen molar-refractivity contribution in [3.8, 4) is 5.75 Å². The van der Waals surface area contributed by atoms with Crippen molar-refractivity contribution in [2.75, 3.05) is 13.2 Å². The quantitative estimate of drug-likeness (QED) is 0.262. The molecular formula is C17H27N3O3. The summed E-state index contributed by atoms with van der Waals surface area (Å²) >= 11 is 0. The van der Waals surface area contributed by atoms with Gasteiger partial charge in [0.15, 0.2) is 0 Å². The Morgan fingerprint density at radius 2 is 1.74 bits per heavy atom. The second-order valence-corrected chi connectivity index (χ2v) is 5.61. The molecule has 0 amide bonds. The minimum Gasteiger partial charge on any atom is -0.494 e. The molecule has 0 aliphatic heterocycles. The lowest BCUT2D eigenvalue weighted by Gasteiger charge is -2.16. The van der Waals surface area contributed by atoms with Gasteiger partial charge in [0, 0.05) is 4.91 Å². The summed E-state index contributed by atoms with van der Waals surface area (Å²) in [5.74, 6) is 0.749. The average Bonchev–Trinajstić information content (AvgIpc) is 2.58. The molecule has 0 saturated carbocycles. The van der Waals surface area contributed by atoms with Gasteiger partial charge in [0.05, 0.1) is 19.3 Å². The number of nitrogens with zero attached hydrogens (tertiary/aromatic N) is 3. The van der Waals surface area contributed by atoms with Crippen LogP contribution in [0, 0.1) is 0 Å². The molecule has 23 heavy (non-hydrogen) atoms. The third-order valence-corrected chi connectivity index (χ3v) is 3.68. The molecule has 0 aromatic heterocycles. The molecule has 6 heteroatoms. The topological polar surface area (TPSA) is 98.5 Å². The molecule has 128 valence electrons. The number of unbranched alkanes of at least 4 members (excludes halogenated alkanes) is 5. The molecule has 0 bridgehead atoms. The summed E-state index contributed by atoms with van der Waals surface area (Å²) in [5, 5.41) is 22.9. The number of azide groups is 1. The molecule has 2 unspecified atom stereocenters. The maximum absolute atomic E-state index is 9.95. The molecule has 0 heterocycles. The molecule has 1 rings (SSSR count). The zero-order valence-corrected chi connectivity index (χ0v) is 13.8. The molecule has 1 aromatic carbocycles. The zero-order chi connectivity index (χ0) is 16.9. The van der Waals surface area contributed by atoms with Crippen molar-refractivity contribution in [1.82, 2.24) is 0 Å².